The van der Waals surface area contributed by atoms with Gasteiger partial charge in [0.2, 0.25) is 0 Å². The van der Waals surface area contributed by atoms with Crippen LogP contribution < -0.4 is 5.32 Å². The van der Waals surface area contributed by atoms with E-state index in [1.807, 2.05) is 0 Å². The molecule has 1 N–H and O–H groups in total. The number of ether oxygens (including phenoxy) is 1. The van der Waals surface area contributed by atoms with Crippen molar-refractivity contribution in [1.82, 2.24) is 10.2 Å². The molecule has 1 saturated heterocycles. The normalized spacial score (nSPS) is 24.7. The van der Waals surface area contributed by atoms with Gasteiger partial charge in [-0.15, -0.1) is 6.42 Å². The van der Waals surface area contributed by atoms with Gasteiger partial charge in [0.05, 0.1) is 18.8 Å². The SMILES string of the molecule is C#CC(CC)NCC1CN(CC)CCO1. The van der Waals surface area contributed by atoms with E-state index in [1.54, 1.807) is 0 Å². The zero-order valence-corrected chi connectivity index (χ0v) is 9.83. The van der Waals surface area contributed by atoms with Gasteiger partial charge in [-0.2, -0.15) is 0 Å². The molecule has 0 radical (unpaired) electrons. The molecule has 0 bridgehead atoms. The van der Waals surface area contributed by atoms with Gasteiger partial charge in [0.1, 0.15) is 0 Å². The van der Waals surface area contributed by atoms with Crippen LogP contribution in [0.25, 0.3) is 0 Å². The van der Waals surface area contributed by atoms with Crippen molar-refractivity contribution < 1.29 is 4.74 Å². The number of nitrogens with one attached hydrogen (secondary N) is 1. The quantitative estimate of drug-likeness (QED) is 0.676. The predicted octanol–water partition coefficient (Wildman–Crippen LogP) is 0.708. The van der Waals surface area contributed by atoms with Gasteiger partial charge in [0.15, 0.2) is 0 Å². The second-order valence-electron chi connectivity index (χ2n) is 3.92. The topological polar surface area (TPSA) is 24.5 Å². The van der Waals surface area contributed by atoms with E-state index in [1.165, 1.54) is 0 Å². The molecule has 2 unspecified atom stereocenters. The van der Waals surface area contributed by atoms with Crippen molar-refractivity contribution in [3.63, 3.8) is 0 Å². The Morgan fingerprint density at radius 1 is 1.60 bits per heavy atom. The molecule has 1 aliphatic heterocycles. The van der Waals surface area contributed by atoms with E-state index in [0.717, 1.165) is 39.2 Å². The van der Waals surface area contributed by atoms with Crippen molar-refractivity contribution >= 4 is 0 Å². The molecular weight excluding hydrogens is 188 g/mol. The maximum atomic E-state index is 5.68. The van der Waals surface area contributed by atoms with E-state index >= 15 is 0 Å². The van der Waals surface area contributed by atoms with Crippen LogP contribution in [0.3, 0.4) is 0 Å². The van der Waals surface area contributed by atoms with E-state index in [2.05, 4.69) is 30.0 Å². The lowest BCUT2D eigenvalue weighted by Crippen LogP contribution is -2.47. The van der Waals surface area contributed by atoms with E-state index in [0.29, 0.717) is 6.10 Å². The summed E-state index contributed by atoms with van der Waals surface area (Å²) in [7, 11) is 0. The Bertz CT molecular complexity index is 212. The Morgan fingerprint density at radius 2 is 2.40 bits per heavy atom. The average molecular weight is 210 g/mol. The molecule has 0 aliphatic carbocycles. The van der Waals surface area contributed by atoms with Gasteiger partial charge < -0.3 is 10.1 Å². The van der Waals surface area contributed by atoms with Gasteiger partial charge >= 0.3 is 0 Å². The first-order chi connectivity index (χ1) is 7.30. The maximum absolute atomic E-state index is 5.68. The monoisotopic (exact) mass is 210 g/mol. The summed E-state index contributed by atoms with van der Waals surface area (Å²) >= 11 is 0. The third kappa shape index (κ3) is 4.21. The molecule has 1 fully saturated rings. The van der Waals surface area contributed by atoms with Crippen molar-refractivity contribution in [2.75, 3.05) is 32.8 Å². The number of morpholine rings is 1. The van der Waals surface area contributed by atoms with Crippen LogP contribution in [0.15, 0.2) is 0 Å². The van der Waals surface area contributed by atoms with Crippen molar-refractivity contribution in [3.8, 4) is 12.3 Å². The molecule has 86 valence electrons. The van der Waals surface area contributed by atoms with E-state index in [-0.39, 0.29) is 6.04 Å². The van der Waals surface area contributed by atoms with E-state index < -0.39 is 0 Å². The van der Waals surface area contributed by atoms with Gasteiger partial charge in [-0.25, -0.2) is 0 Å². The first-order valence-corrected chi connectivity index (χ1v) is 5.83. The van der Waals surface area contributed by atoms with Gasteiger partial charge in [-0.3, -0.25) is 4.90 Å². The number of rotatable bonds is 5. The van der Waals surface area contributed by atoms with Crippen LogP contribution in [0, 0.1) is 12.3 Å². The van der Waals surface area contributed by atoms with Crippen LogP contribution in [0.4, 0.5) is 0 Å². The largest absolute Gasteiger partial charge is 0.374 e. The Kier molecular flexibility index (Phi) is 5.70. The molecule has 0 aromatic heterocycles. The second kappa shape index (κ2) is 6.84. The lowest BCUT2D eigenvalue weighted by atomic mass is 10.2. The highest BCUT2D eigenvalue weighted by Crippen LogP contribution is 2.04. The molecule has 1 heterocycles. The number of nitrogens with zero attached hydrogens (tertiary/aromatic N) is 1. The number of hydrogen-bond donors (Lipinski definition) is 1. The minimum absolute atomic E-state index is 0.186. The summed E-state index contributed by atoms with van der Waals surface area (Å²) in [4.78, 5) is 2.41. The average Bonchev–Trinajstić information content (AvgIpc) is 2.31. The molecule has 1 rings (SSSR count). The molecule has 3 nitrogen and oxygen atoms in total. The first-order valence-electron chi connectivity index (χ1n) is 5.83. The zero-order valence-electron chi connectivity index (χ0n) is 9.83. The Balaban J connectivity index is 2.23. The summed E-state index contributed by atoms with van der Waals surface area (Å²) in [5, 5.41) is 3.35. The molecule has 0 saturated carbocycles. The Hall–Kier alpha value is -0.560. The van der Waals surface area contributed by atoms with E-state index in [4.69, 9.17) is 11.2 Å². The minimum atomic E-state index is 0.186. The molecule has 0 amide bonds. The fraction of sp³-hybridized carbons (Fsp3) is 0.833. The molecule has 3 heteroatoms. The first kappa shape index (κ1) is 12.5. The molecule has 0 aromatic rings. The molecule has 2 atom stereocenters. The number of hydrogen-bond acceptors (Lipinski definition) is 3. The van der Waals surface area contributed by atoms with Crippen LogP contribution >= 0.6 is 0 Å². The van der Waals surface area contributed by atoms with E-state index in [9.17, 15) is 0 Å². The lowest BCUT2D eigenvalue weighted by Gasteiger charge is -2.32. The van der Waals surface area contributed by atoms with Crippen molar-refractivity contribution in [1.29, 1.82) is 0 Å². The van der Waals surface area contributed by atoms with Gasteiger partial charge in [-0.05, 0) is 13.0 Å². The summed E-state index contributed by atoms with van der Waals surface area (Å²) in [6.45, 7) is 9.16. The summed E-state index contributed by atoms with van der Waals surface area (Å²) in [6, 6.07) is 0.186. The third-order valence-electron chi connectivity index (χ3n) is 2.87. The van der Waals surface area contributed by atoms with Crippen LogP contribution in [-0.4, -0.2) is 49.8 Å². The molecular formula is C12H22N2O. The summed E-state index contributed by atoms with van der Waals surface area (Å²) in [6.07, 6.45) is 6.65. The van der Waals surface area contributed by atoms with Crippen LogP contribution in [0.1, 0.15) is 20.3 Å². The van der Waals surface area contributed by atoms with Crippen LogP contribution in [-0.2, 0) is 4.74 Å². The number of terminal acetylenes is 1. The minimum Gasteiger partial charge on any atom is -0.374 e. The smallest absolute Gasteiger partial charge is 0.0827 e. The molecule has 0 aromatic carbocycles. The van der Waals surface area contributed by atoms with Crippen molar-refractivity contribution in [3.05, 3.63) is 0 Å². The van der Waals surface area contributed by atoms with Crippen LogP contribution in [0.2, 0.25) is 0 Å². The Morgan fingerprint density at radius 3 is 3.00 bits per heavy atom. The predicted molar refractivity (Wildman–Crippen MR) is 62.8 cm³/mol. The fourth-order valence-corrected chi connectivity index (χ4v) is 1.79. The maximum Gasteiger partial charge on any atom is 0.0827 e. The number of likely N-dealkylation sites (N-methyl/N-ethyl adjacent to an activating group) is 1. The summed E-state index contributed by atoms with van der Waals surface area (Å²) < 4.78 is 5.68. The third-order valence-corrected chi connectivity index (χ3v) is 2.87. The highest BCUT2D eigenvalue weighted by atomic mass is 16.5. The molecule has 1 aliphatic rings. The van der Waals surface area contributed by atoms with Gasteiger partial charge in [-0.1, -0.05) is 19.8 Å². The molecule has 0 spiro atoms. The highest BCUT2D eigenvalue weighted by Gasteiger charge is 2.19. The van der Waals surface area contributed by atoms with Crippen molar-refractivity contribution in [2.24, 2.45) is 0 Å². The lowest BCUT2D eigenvalue weighted by molar-refractivity contribution is -0.0257. The zero-order chi connectivity index (χ0) is 11.1. The summed E-state index contributed by atoms with van der Waals surface area (Å²) in [5.41, 5.74) is 0. The van der Waals surface area contributed by atoms with Gasteiger partial charge in [0.25, 0.3) is 0 Å². The Labute approximate surface area is 93.2 Å². The van der Waals surface area contributed by atoms with Crippen LogP contribution in [0.5, 0.6) is 0 Å². The highest BCUT2D eigenvalue weighted by molar-refractivity contribution is 4.98. The van der Waals surface area contributed by atoms with Gasteiger partial charge in [0, 0.05) is 19.6 Å². The molecule has 15 heavy (non-hydrogen) atoms. The standard InChI is InChI=1S/C12H22N2O/c1-4-11(5-2)13-9-12-10-14(6-3)7-8-15-12/h1,11-13H,5-10H2,2-3H3. The fourth-order valence-electron chi connectivity index (χ4n) is 1.79. The van der Waals surface area contributed by atoms with Crippen molar-refractivity contribution in [2.45, 2.75) is 32.4 Å². The second-order valence-corrected chi connectivity index (χ2v) is 3.92. The summed E-state index contributed by atoms with van der Waals surface area (Å²) in [5.74, 6) is 2.74.